The topological polar surface area (TPSA) is 26.0 Å². The van der Waals surface area contributed by atoms with E-state index < -0.39 is 0 Å². The fourth-order valence-corrected chi connectivity index (χ4v) is 1.33. The molecular formula is C14H25N. The van der Waals surface area contributed by atoms with E-state index >= 15 is 0 Å². The zero-order valence-corrected chi connectivity index (χ0v) is 10.0. The maximum atomic E-state index is 5.43. The second-order valence-electron chi connectivity index (χ2n) is 3.86. The van der Waals surface area contributed by atoms with Crippen LogP contribution in [0, 0.1) is 0 Å². The first kappa shape index (κ1) is 14.2. The van der Waals surface area contributed by atoms with Gasteiger partial charge in [0.05, 0.1) is 0 Å². The summed E-state index contributed by atoms with van der Waals surface area (Å²) in [5.74, 6) is 0. The van der Waals surface area contributed by atoms with Gasteiger partial charge in [-0.1, -0.05) is 29.9 Å². The average molecular weight is 207 g/mol. The molecule has 0 aromatic heterocycles. The molecule has 86 valence electrons. The zero-order chi connectivity index (χ0) is 11.4. The minimum Gasteiger partial charge on any atom is -0.330 e. The molecule has 1 heteroatoms. The minimum absolute atomic E-state index is 0.797. The molecule has 0 aliphatic heterocycles. The zero-order valence-electron chi connectivity index (χ0n) is 10.0. The lowest BCUT2D eigenvalue weighted by molar-refractivity contribution is 0.840. The molecule has 0 unspecified atom stereocenters. The Morgan fingerprint density at radius 1 is 1.13 bits per heavy atom. The van der Waals surface area contributed by atoms with E-state index in [0.29, 0.717) is 0 Å². The van der Waals surface area contributed by atoms with Gasteiger partial charge in [-0.25, -0.2) is 0 Å². The van der Waals surface area contributed by atoms with Gasteiger partial charge in [0, 0.05) is 0 Å². The highest BCUT2D eigenvalue weighted by molar-refractivity contribution is 5.00. The molecule has 0 aliphatic carbocycles. The van der Waals surface area contributed by atoms with Gasteiger partial charge in [-0.15, -0.1) is 6.58 Å². The summed E-state index contributed by atoms with van der Waals surface area (Å²) < 4.78 is 0. The van der Waals surface area contributed by atoms with Gasteiger partial charge in [-0.05, 0) is 52.0 Å². The Bertz CT molecular complexity index is 201. The molecule has 0 amide bonds. The average Bonchev–Trinajstić information content (AvgIpc) is 2.23. The molecule has 0 aromatic rings. The molecule has 0 radical (unpaired) electrons. The molecule has 0 fully saturated rings. The van der Waals surface area contributed by atoms with E-state index in [1.165, 1.54) is 12.0 Å². The highest BCUT2D eigenvalue weighted by Crippen LogP contribution is 2.07. The Kier molecular flexibility index (Phi) is 10.6. The van der Waals surface area contributed by atoms with Gasteiger partial charge >= 0.3 is 0 Å². The van der Waals surface area contributed by atoms with Crippen LogP contribution in [0.15, 0.2) is 36.5 Å². The molecule has 0 rings (SSSR count). The first-order chi connectivity index (χ1) is 7.31. The van der Waals surface area contributed by atoms with E-state index in [2.05, 4.69) is 31.7 Å². The normalized spacial score (nSPS) is 12.3. The Balaban J connectivity index is 3.44. The lowest BCUT2D eigenvalue weighted by Crippen LogP contribution is -1.96. The van der Waals surface area contributed by atoms with E-state index in [4.69, 9.17) is 5.73 Å². The summed E-state index contributed by atoms with van der Waals surface area (Å²) in [5.41, 5.74) is 6.92. The molecular weight excluding hydrogens is 182 g/mol. The smallest absolute Gasteiger partial charge is 0.00743 e. The summed E-state index contributed by atoms with van der Waals surface area (Å²) in [7, 11) is 0. The van der Waals surface area contributed by atoms with Crippen molar-refractivity contribution in [1.82, 2.24) is 0 Å². The summed E-state index contributed by atoms with van der Waals surface area (Å²) in [4.78, 5) is 0. The highest BCUT2D eigenvalue weighted by atomic mass is 14.5. The van der Waals surface area contributed by atoms with Crippen molar-refractivity contribution >= 4 is 0 Å². The van der Waals surface area contributed by atoms with Gasteiger partial charge in [-0.2, -0.15) is 0 Å². The molecule has 2 N–H and O–H groups in total. The predicted octanol–water partition coefficient (Wildman–Crippen LogP) is 3.97. The molecule has 0 aliphatic rings. The van der Waals surface area contributed by atoms with E-state index in [9.17, 15) is 0 Å². The van der Waals surface area contributed by atoms with Crippen LogP contribution >= 0.6 is 0 Å². The molecule has 0 aromatic carbocycles. The van der Waals surface area contributed by atoms with Crippen LogP contribution < -0.4 is 5.73 Å². The van der Waals surface area contributed by atoms with Crippen LogP contribution in [-0.2, 0) is 0 Å². The van der Waals surface area contributed by atoms with Crippen LogP contribution in [0.2, 0.25) is 0 Å². The van der Waals surface area contributed by atoms with Crippen molar-refractivity contribution in [3.05, 3.63) is 36.5 Å². The Labute approximate surface area is 94.8 Å². The lowest BCUT2D eigenvalue weighted by Gasteiger charge is -1.98. The summed E-state index contributed by atoms with van der Waals surface area (Å²) >= 11 is 0. The van der Waals surface area contributed by atoms with Gasteiger partial charge in [0.25, 0.3) is 0 Å². The molecule has 0 spiro atoms. The van der Waals surface area contributed by atoms with Crippen molar-refractivity contribution in [2.24, 2.45) is 5.73 Å². The Hall–Kier alpha value is -0.820. The highest BCUT2D eigenvalue weighted by Gasteiger charge is 1.87. The molecule has 0 bridgehead atoms. The monoisotopic (exact) mass is 207 g/mol. The van der Waals surface area contributed by atoms with Crippen molar-refractivity contribution in [3.8, 4) is 0 Å². The van der Waals surface area contributed by atoms with Crippen LogP contribution in [-0.4, -0.2) is 6.54 Å². The van der Waals surface area contributed by atoms with Gasteiger partial charge in [-0.3, -0.25) is 0 Å². The van der Waals surface area contributed by atoms with E-state index in [0.717, 1.165) is 38.6 Å². The molecule has 1 nitrogen and oxygen atoms in total. The van der Waals surface area contributed by atoms with E-state index in [1.54, 1.807) is 0 Å². The van der Waals surface area contributed by atoms with Gasteiger partial charge in [0.15, 0.2) is 0 Å². The SMILES string of the molecule is C=CCC/C=C/CC/C(C)=C/CCCN. The fourth-order valence-electron chi connectivity index (χ4n) is 1.33. The Morgan fingerprint density at radius 3 is 2.53 bits per heavy atom. The summed E-state index contributed by atoms with van der Waals surface area (Å²) in [5, 5.41) is 0. The number of nitrogens with two attached hydrogens (primary N) is 1. The van der Waals surface area contributed by atoms with Crippen molar-refractivity contribution < 1.29 is 0 Å². The quantitative estimate of drug-likeness (QED) is 0.449. The summed E-state index contributed by atoms with van der Waals surface area (Å²) in [6, 6.07) is 0. The van der Waals surface area contributed by atoms with Crippen molar-refractivity contribution in [2.75, 3.05) is 6.54 Å². The second kappa shape index (κ2) is 11.3. The third-order valence-corrected chi connectivity index (χ3v) is 2.31. The number of unbranched alkanes of at least 4 members (excludes halogenated alkanes) is 2. The third-order valence-electron chi connectivity index (χ3n) is 2.31. The fraction of sp³-hybridized carbons (Fsp3) is 0.571. The lowest BCUT2D eigenvalue weighted by atomic mass is 10.1. The molecule has 0 atom stereocenters. The predicted molar refractivity (Wildman–Crippen MR) is 69.9 cm³/mol. The first-order valence-corrected chi connectivity index (χ1v) is 5.93. The van der Waals surface area contributed by atoms with Crippen LogP contribution in [0.5, 0.6) is 0 Å². The van der Waals surface area contributed by atoms with Crippen LogP contribution in [0.3, 0.4) is 0 Å². The molecule has 0 saturated carbocycles. The molecule has 0 saturated heterocycles. The van der Waals surface area contributed by atoms with Crippen LogP contribution in [0.4, 0.5) is 0 Å². The number of hydrogen-bond acceptors (Lipinski definition) is 1. The maximum Gasteiger partial charge on any atom is -0.00743 e. The van der Waals surface area contributed by atoms with Crippen LogP contribution in [0.25, 0.3) is 0 Å². The number of hydrogen-bond donors (Lipinski definition) is 1. The number of allylic oxidation sites excluding steroid dienone is 5. The van der Waals surface area contributed by atoms with Crippen LogP contribution in [0.1, 0.15) is 45.4 Å². The van der Waals surface area contributed by atoms with Gasteiger partial charge < -0.3 is 5.73 Å². The van der Waals surface area contributed by atoms with Crippen molar-refractivity contribution in [1.29, 1.82) is 0 Å². The standard InChI is InChI=1S/C14H25N/c1-3-4-5-6-7-8-11-14(2)12-9-10-13-15/h3,6-7,12H,1,4-5,8-11,13,15H2,2H3/b7-6+,14-12+. The van der Waals surface area contributed by atoms with Gasteiger partial charge in [0.2, 0.25) is 0 Å². The van der Waals surface area contributed by atoms with Crippen molar-refractivity contribution in [2.45, 2.75) is 45.4 Å². The molecule has 15 heavy (non-hydrogen) atoms. The van der Waals surface area contributed by atoms with Gasteiger partial charge in [0.1, 0.15) is 0 Å². The van der Waals surface area contributed by atoms with E-state index in [1.807, 2.05) is 6.08 Å². The summed E-state index contributed by atoms with van der Waals surface area (Å²) in [6.45, 7) is 6.69. The van der Waals surface area contributed by atoms with Crippen molar-refractivity contribution in [3.63, 3.8) is 0 Å². The second-order valence-corrected chi connectivity index (χ2v) is 3.86. The van der Waals surface area contributed by atoms with E-state index in [-0.39, 0.29) is 0 Å². The Morgan fingerprint density at radius 2 is 1.87 bits per heavy atom. The number of rotatable bonds is 9. The first-order valence-electron chi connectivity index (χ1n) is 5.93. The molecule has 0 heterocycles. The third kappa shape index (κ3) is 11.1. The summed E-state index contributed by atoms with van der Waals surface area (Å²) in [6.07, 6.45) is 15.6. The minimum atomic E-state index is 0.797. The maximum absolute atomic E-state index is 5.43. The largest absolute Gasteiger partial charge is 0.330 e.